The van der Waals surface area contributed by atoms with Gasteiger partial charge in [-0.3, -0.25) is 0 Å². The van der Waals surface area contributed by atoms with Crippen LogP contribution in [0, 0.1) is 12.7 Å². The van der Waals surface area contributed by atoms with Gasteiger partial charge in [0, 0.05) is 20.3 Å². The molecule has 1 nitrogen and oxygen atoms in total. The van der Waals surface area contributed by atoms with Gasteiger partial charge in [-0.1, -0.05) is 19.1 Å². The van der Waals surface area contributed by atoms with Gasteiger partial charge in [-0.25, -0.2) is 4.39 Å². The van der Waals surface area contributed by atoms with Crippen molar-refractivity contribution < 1.29 is 4.39 Å². The van der Waals surface area contributed by atoms with Gasteiger partial charge >= 0.3 is 0 Å². The lowest BCUT2D eigenvalue weighted by Gasteiger charge is -2.16. The summed E-state index contributed by atoms with van der Waals surface area (Å²) in [5.41, 5.74) is 1.02. The van der Waals surface area contributed by atoms with E-state index in [1.54, 1.807) is 23.5 Å². The summed E-state index contributed by atoms with van der Waals surface area (Å²) >= 11 is 5.34. The van der Waals surface area contributed by atoms with Crippen LogP contribution in [0.1, 0.15) is 28.3 Å². The van der Waals surface area contributed by atoms with Crippen molar-refractivity contribution in [1.82, 2.24) is 5.32 Å². The summed E-state index contributed by atoms with van der Waals surface area (Å²) in [6.45, 7) is 5.09. The summed E-state index contributed by atoms with van der Waals surface area (Å²) in [4.78, 5) is 2.56. The Kier molecular flexibility index (Phi) is 5.13. The van der Waals surface area contributed by atoms with Crippen LogP contribution in [0.2, 0.25) is 0 Å². The molecule has 1 unspecified atom stereocenters. The monoisotopic (exact) mass is 341 g/mol. The first-order valence-electron chi connectivity index (χ1n) is 6.33. The zero-order valence-corrected chi connectivity index (χ0v) is 13.4. The molecule has 1 N–H and O–H groups in total. The average molecular weight is 342 g/mol. The van der Waals surface area contributed by atoms with E-state index >= 15 is 0 Å². The molecule has 0 radical (unpaired) electrons. The third kappa shape index (κ3) is 3.88. The van der Waals surface area contributed by atoms with Crippen molar-refractivity contribution in [2.24, 2.45) is 0 Å². The number of likely N-dealkylation sites (N-methyl/N-ethyl adjacent to an activating group) is 1. The van der Waals surface area contributed by atoms with Gasteiger partial charge in [0.05, 0.1) is 0 Å². The van der Waals surface area contributed by atoms with E-state index in [0.29, 0.717) is 0 Å². The second-order valence-corrected chi connectivity index (χ2v) is 6.64. The third-order valence-electron chi connectivity index (χ3n) is 3.00. The van der Waals surface area contributed by atoms with Crippen LogP contribution in [0.25, 0.3) is 0 Å². The molecule has 1 aromatic heterocycles. The summed E-state index contributed by atoms with van der Waals surface area (Å²) in [7, 11) is 0. The highest BCUT2D eigenvalue weighted by Crippen LogP contribution is 2.32. The molecule has 102 valence electrons. The van der Waals surface area contributed by atoms with E-state index in [9.17, 15) is 4.39 Å². The van der Waals surface area contributed by atoms with E-state index in [1.165, 1.54) is 15.8 Å². The smallest absolute Gasteiger partial charge is 0.123 e. The Hall–Kier alpha value is -0.710. The molecule has 0 saturated carbocycles. The molecule has 0 aliphatic rings. The number of halogens is 2. The fraction of sp³-hybridized carbons (Fsp3) is 0.333. The maximum atomic E-state index is 13.2. The Morgan fingerprint density at radius 3 is 2.74 bits per heavy atom. The van der Waals surface area contributed by atoms with Gasteiger partial charge in [-0.05, 0) is 59.6 Å². The minimum absolute atomic E-state index is 0.170. The van der Waals surface area contributed by atoms with Crippen molar-refractivity contribution in [3.8, 4) is 0 Å². The molecule has 0 fully saturated rings. The van der Waals surface area contributed by atoms with Gasteiger partial charge in [0.2, 0.25) is 0 Å². The van der Waals surface area contributed by atoms with Gasteiger partial charge in [0.15, 0.2) is 0 Å². The largest absolute Gasteiger partial charge is 0.309 e. The summed E-state index contributed by atoms with van der Waals surface area (Å²) in [6, 6.07) is 9.23. The van der Waals surface area contributed by atoms with Crippen LogP contribution in [-0.4, -0.2) is 6.54 Å². The van der Waals surface area contributed by atoms with Crippen LogP contribution in [-0.2, 0) is 6.42 Å². The van der Waals surface area contributed by atoms with Crippen molar-refractivity contribution in [2.45, 2.75) is 26.3 Å². The van der Waals surface area contributed by atoms with Crippen molar-refractivity contribution in [2.75, 3.05) is 6.54 Å². The van der Waals surface area contributed by atoms with Crippen LogP contribution < -0.4 is 5.32 Å². The van der Waals surface area contributed by atoms with Crippen molar-refractivity contribution in [3.63, 3.8) is 0 Å². The van der Waals surface area contributed by atoms with Gasteiger partial charge in [0.1, 0.15) is 5.82 Å². The lowest BCUT2D eigenvalue weighted by Crippen LogP contribution is -2.22. The molecule has 0 saturated heterocycles. The van der Waals surface area contributed by atoms with Crippen LogP contribution in [0.3, 0.4) is 0 Å². The molecule has 2 aromatic rings. The third-order valence-corrected chi connectivity index (χ3v) is 5.25. The molecule has 0 amide bonds. The van der Waals surface area contributed by atoms with E-state index < -0.39 is 0 Å². The molecule has 1 heterocycles. The molecule has 1 atom stereocenters. The molecule has 2 rings (SSSR count). The summed E-state index contributed by atoms with van der Waals surface area (Å²) in [6.07, 6.45) is 0.804. The molecule has 0 aliphatic heterocycles. The standard InChI is InChI=1S/C15H17BrFNS/c1-3-18-14(15-9-13(16)10(2)19-15)8-11-5-4-6-12(17)7-11/h4-7,9,14,18H,3,8H2,1-2H3. The summed E-state index contributed by atoms with van der Waals surface area (Å²) < 4.78 is 14.4. The predicted molar refractivity (Wildman–Crippen MR) is 83.3 cm³/mol. The quantitative estimate of drug-likeness (QED) is 0.819. The second kappa shape index (κ2) is 6.64. The van der Waals surface area contributed by atoms with Gasteiger partial charge < -0.3 is 5.32 Å². The number of hydrogen-bond donors (Lipinski definition) is 1. The fourth-order valence-electron chi connectivity index (χ4n) is 2.07. The van der Waals surface area contributed by atoms with Gasteiger partial charge in [-0.15, -0.1) is 11.3 Å². The highest BCUT2D eigenvalue weighted by Gasteiger charge is 2.15. The van der Waals surface area contributed by atoms with Crippen LogP contribution in [0.15, 0.2) is 34.8 Å². The Morgan fingerprint density at radius 2 is 2.16 bits per heavy atom. The normalized spacial score (nSPS) is 12.6. The zero-order valence-electron chi connectivity index (χ0n) is 11.0. The van der Waals surface area contributed by atoms with Crippen LogP contribution >= 0.6 is 27.3 Å². The first kappa shape index (κ1) is 14.7. The molecule has 1 aromatic carbocycles. The van der Waals surface area contributed by atoms with Gasteiger partial charge in [0.25, 0.3) is 0 Å². The molecular formula is C15H17BrFNS. The molecule has 4 heteroatoms. The predicted octanol–water partition coefficient (Wildman–Crippen LogP) is 4.85. The van der Waals surface area contributed by atoms with Crippen molar-refractivity contribution in [1.29, 1.82) is 0 Å². The van der Waals surface area contributed by atoms with E-state index in [4.69, 9.17) is 0 Å². The van der Waals surface area contributed by atoms with Gasteiger partial charge in [-0.2, -0.15) is 0 Å². The van der Waals surface area contributed by atoms with E-state index in [1.807, 2.05) is 6.07 Å². The molecule has 0 aliphatic carbocycles. The first-order chi connectivity index (χ1) is 9.10. The van der Waals surface area contributed by atoms with Crippen molar-refractivity contribution >= 4 is 27.3 Å². The molecule has 0 bridgehead atoms. The Bertz CT molecular complexity index is 533. The zero-order chi connectivity index (χ0) is 13.8. The number of thiophene rings is 1. The Labute approximate surface area is 126 Å². The van der Waals surface area contributed by atoms with Crippen LogP contribution in [0.4, 0.5) is 4.39 Å². The highest BCUT2D eigenvalue weighted by atomic mass is 79.9. The van der Waals surface area contributed by atoms with E-state index in [-0.39, 0.29) is 11.9 Å². The number of benzene rings is 1. The minimum Gasteiger partial charge on any atom is -0.309 e. The Balaban J connectivity index is 2.20. The molecule has 19 heavy (non-hydrogen) atoms. The lowest BCUT2D eigenvalue weighted by molar-refractivity contribution is 0.554. The fourth-order valence-corrected chi connectivity index (χ4v) is 3.71. The Morgan fingerprint density at radius 1 is 1.37 bits per heavy atom. The second-order valence-electron chi connectivity index (χ2n) is 4.50. The highest BCUT2D eigenvalue weighted by molar-refractivity contribution is 9.10. The lowest BCUT2D eigenvalue weighted by atomic mass is 10.0. The van der Waals surface area contributed by atoms with E-state index in [0.717, 1.165) is 23.0 Å². The number of hydrogen-bond acceptors (Lipinski definition) is 2. The first-order valence-corrected chi connectivity index (χ1v) is 7.94. The maximum Gasteiger partial charge on any atom is 0.123 e. The van der Waals surface area contributed by atoms with Crippen molar-refractivity contribution in [3.05, 3.63) is 55.9 Å². The maximum absolute atomic E-state index is 13.2. The number of rotatable bonds is 5. The SMILES string of the molecule is CCNC(Cc1cccc(F)c1)c1cc(Br)c(C)s1. The topological polar surface area (TPSA) is 12.0 Å². The molecule has 0 spiro atoms. The minimum atomic E-state index is -0.170. The number of nitrogens with one attached hydrogen (secondary N) is 1. The summed E-state index contributed by atoms with van der Waals surface area (Å²) in [5, 5.41) is 3.47. The number of aryl methyl sites for hydroxylation is 1. The van der Waals surface area contributed by atoms with E-state index in [2.05, 4.69) is 41.2 Å². The van der Waals surface area contributed by atoms with Crippen LogP contribution in [0.5, 0.6) is 0 Å². The molecular weight excluding hydrogens is 325 g/mol. The summed E-state index contributed by atoms with van der Waals surface area (Å²) in [5.74, 6) is -0.170. The average Bonchev–Trinajstić information content (AvgIpc) is 2.69.